The molecule has 0 bridgehead atoms. The van der Waals surface area contributed by atoms with Crippen molar-refractivity contribution in [3.63, 3.8) is 0 Å². The Bertz CT molecular complexity index is 787. The Hall–Kier alpha value is -2.42. The van der Waals surface area contributed by atoms with Crippen LogP contribution in [0.4, 0.5) is 32.0 Å². The van der Waals surface area contributed by atoms with Gasteiger partial charge in [0.15, 0.2) is 6.61 Å². The molecule has 0 spiro atoms. The molecule has 0 heterocycles. The maximum atomic E-state index is 12.8. The molecule has 0 aliphatic heterocycles. The quantitative estimate of drug-likeness (QED) is 0.702. The van der Waals surface area contributed by atoms with Crippen molar-refractivity contribution in [2.45, 2.75) is 12.4 Å². The van der Waals surface area contributed by atoms with Crippen molar-refractivity contribution in [1.29, 1.82) is 0 Å². The van der Waals surface area contributed by atoms with Gasteiger partial charge in [0, 0.05) is 5.69 Å². The smallest absolute Gasteiger partial charge is 0.417 e. The molecule has 0 aliphatic carbocycles. The summed E-state index contributed by atoms with van der Waals surface area (Å²) in [5, 5.41) is 1.67. The fourth-order valence-corrected chi connectivity index (χ4v) is 2.13. The van der Waals surface area contributed by atoms with E-state index in [0.717, 1.165) is 30.3 Å². The molecule has 0 saturated carbocycles. The average molecular weight is 398 g/mol. The summed E-state index contributed by atoms with van der Waals surface area (Å²) < 4.78 is 80.5. The number of carbonyl (C=O) groups is 1. The van der Waals surface area contributed by atoms with Gasteiger partial charge in [-0.2, -0.15) is 26.3 Å². The monoisotopic (exact) mass is 397 g/mol. The van der Waals surface area contributed by atoms with Crippen molar-refractivity contribution in [2.24, 2.45) is 0 Å². The van der Waals surface area contributed by atoms with E-state index in [9.17, 15) is 31.1 Å². The van der Waals surface area contributed by atoms with E-state index in [-0.39, 0.29) is 11.4 Å². The number of amides is 1. The molecule has 2 aromatic carbocycles. The first kappa shape index (κ1) is 19.9. The molecule has 0 atom stereocenters. The zero-order valence-corrected chi connectivity index (χ0v) is 13.5. The highest BCUT2D eigenvalue weighted by Gasteiger charge is 2.33. The molecular weight excluding hydrogens is 388 g/mol. The summed E-state index contributed by atoms with van der Waals surface area (Å²) in [4.78, 5) is 11.7. The van der Waals surface area contributed by atoms with Crippen LogP contribution in [0.25, 0.3) is 0 Å². The van der Waals surface area contributed by atoms with Gasteiger partial charge in [0.05, 0.1) is 16.1 Å². The molecule has 0 fully saturated rings. The third-order valence-corrected chi connectivity index (χ3v) is 3.44. The molecule has 2 aromatic rings. The summed E-state index contributed by atoms with van der Waals surface area (Å²) in [5.41, 5.74) is -2.14. The Morgan fingerprint density at radius 3 is 2.12 bits per heavy atom. The number of halogens is 7. The van der Waals surface area contributed by atoms with Crippen LogP contribution in [-0.2, 0) is 17.1 Å². The molecule has 0 aromatic heterocycles. The van der Waals surface area contributed by atoms with Crippen LogP contribution in [0, 0.1) is 0 Å². The van der Waals surface area contributed by atoms with Gasteiger partial charge in [-0.3, -0.25) is 4.79 Å². The van der Waals surface area contributed by atoms with Gasteiger partial charge in [0.1, 0.15) is 5.75 Å². The van der Waals surface area contributed by atoms with Crippen LogP contribution in [0.5, 0.6) is 5.75 Å². The number of benzene rings is 2. The van der Waals surface area contributed by atoms with E-state index in [1.807, 2.05) is 0 Å². The van der Waals surface area contributed by atoms with Crippen LogP contribution in [0.15, 0.2) is 42.5 Å². The van der Waals surface area contributed by atoms with Crippen molar-refractivity contribution in [3.8, 4) is 5.75 Å². The minimum Gasteiger partial charge on any atom is -0.484 e. The average Bonchev–Trinajstić information content (AvgIpc) is 2.53. The van der Waals surface area contributed by atoms with E-state index < -0.39 is 41.0 Å². The second-order valence-electron chi connectivity index (χ2n) is 5.05. The molecule has 140 valence electrons. The van der Waals surface area contributed by atoms with Crippen LogP contribution < -0.4 is 10.1 Å². The van der Waals surface area contributed by atoms with Crippen LogP contribution in [0.1, 0.15) is 11.1 Å². The predicted octanol–water partition coefficient (Wildman–Crippen LogP) is 5.40. The minimum atomic E-state index is -4.69. The highest BCUT2D eigenvalue weighted by molar-refractivity contribution is 6.31. The largest absolute Gasteiger partial charge is 0.484 e. The van der Waals surface area contributed by atoms with E-state index >= 15 is 0 Å². The molecule has 2 rings (SSSR count). The summed E-state index contributed by atoms with van der Waals surface area (Å²) in [7, 11) is 0. The minimum absolute atomic E-state index is 0.000219. The number of alkyl halides is 6. The molecule has 3 nitrogen and oxygen atoms in total. The SMILES string of the molecule is O=C(COc1ccc(C(F)(F)F)cc1)Nc1ccc(Cl)c(C(F)(F)F)c1. The van der Waals surface area contributed by atoms with Gasteiger partial charge in [-0.1, -0.05) is 11.6 Å². The van der Waals surface area contributed by atoms with Gasteiger partial charge in [-0.05, 0) is 42.5 Å². The highest BCUT2D eigenvalue weighted by Crippen LogP contribution is 2.36. The van der Waals surface area contributed by atoms with Crippen molar-refractivity contribution in [3.05, 3.63) is 58.6 Å². The maximum absolute atomic E-state index is 12.8. The summed E-state index contributed by atoms with van der Waals surface area (Å²) in [6.45, 7) is -0.602. The summed E-state index contributed by atoms with van der Waals surface area (Å²) in [6.07, 6.45) is -9.19. The predicted molar refractivity (Wildman–Crippen MR) is 82.0 cm³/mol. The Balaban J connectivity index is 1.97. The van der Waals surface area contributed by atoms with E-state index in [0.29, 0.717) is 6.07 Å². The lowest BCUT2D eigenvalue weighted by Crippen LogP contribution is -2.20. The van der Waals surface area contributed by atoms with Crippen molar-refractivity contribution in [1.82, 2.24) is 0 Å². The van der Waals surface area contributed by atoms with E-state index in [2.05, 4.69) is 5.32 Å². The molecule has 1 N–H and O–H groups in total. The highest BCUT2D eigenvalue weighted by atomic mass is 35.5. The lowest BCUT2D eigenvalue weighted by atomic mass is 10.2. The lowest BCUT2D eigenvalue weighted by Gasteiger charge is -2.12. The third kappa shape index (κ3) is 5.29. The fourth-order valence-electron chi connectivity index (χ4n) is 1.91. The Morgan fingerprint density at radius 2 is 1.58 bits per heavy atom. The van der Waals surface area contributed by atoms with Crippen LogP contribution >= 0.6 is 11.6 Å². The van der Waals surface area contributed by atoms with Gasteiger partial charge in [0.2, 0.25) is 0 Å². The van der Waals surface area contributed by atoms with Gasteiger partial charge < -0.3 is 10.1 Å². The van der Waals surface area contributed by atoms with Gasteiger partial charge in [0.25, 0.3) is 5.91 Å². The topological polar surface area (TPSA) is 38.3 Å². The fraction of sp³-hybridized carbons (Fsp3) is 0.188. The number of ether oxygens (including phenoxy) is 1. The second kappa shape index (κ2) is 7.45. The van der Waals surface area contributed by atoms with Crippen LogP contribution in [0.2, 0.25) is 5.02 Å². The first-order chi connectivity index (χ1) is 12.0. The number of anilines is 1. The third-order valence-electron chi connectivity index (χ3n) is 3.11. The normalized spacial score (nSPS) is 12.0. The van der Waals surface area contributed by atoms with Crippen molar-refractivity contribution >= 4 is 23.2 Å². The standard InChI is InChI=1S/C16H10ClF6NO2/c17-13-6-3-10(7-12(13)16(21,22)23)24-14(25)8-26-11-4-1-9(2-5-11)15(18,19)20/h1-7H,8H2,(H,24,25). The molecule has 0 unspecified atom stereocenters. The van der Waals surface area contributed by atoms with Gasteiger partial charge in [-0.25, -0.2) is 0 Å². The zero-order valence-electron chi connectivity index (χ0n) is 12.7. The molecule has 0 aliphatic rings. The number of nitrogens with one attached hydrogen (secondary N) is 1. The van der Waals surface area contributed by atoms with Gasteiger partial charge >= 0.3 is 12.4 Å². The van der Waals surface area contributed by atoms with Crippen molar-refractivity contribution in [2.75, 3.05) is 11.9 Å². The zero-order chi connectivity index (χ0) is 19.5. The lowest BCUT2D eigenvalue weighted by molar-refractivity contribution is -0.138. The van der Waals surface area contributed by atoms with Crippen LogP contribution in [0.3, 0.4) is 0 Å². The second-order valence-corrected chi connectivity index (χ2v) is 5.46. The molecule has 0 radical (unpaired) electrons. The number of rotatable bonds is 4. The van der Waals surface area contributed by atoms with Crippen molar-refractivity contribution < 1.29 is 35.9 Å². The molecule has 0 saturated heterocycles. The maximum Gasteiger partial charge on any atom is 0.417 e. The van der Waals surface area contributed by atoms with E-state index in [1.54, 1.807) is 0 Å². The number of hydrogen-bond donors (Lipinski definition) is 1. The summed E-state index contributed by atoms with van der Waals surface area (Å²) in [5.74, 6) is -0.791. The number of carbonyl (C=O) groups excluding carboxylic acids is 1. The van der Waals surface area contributed by atoms with Crippen LogP contribution in [-0.4, -0.2) is 12.5 Å². The molecule has 26 heavy (non-hydrogen) atoms. The molecule has 10 heteroatoms. The first-order valence-electron chi connectivity index (χ1n) is 6.93. The number of hydrogen-bond acceptors (Lipinski definition) is 2. The Labute approximate surface area is 148 Å². The summed E-state index contributed by atoms with van der Waals surface area (Å²) in [6, 6.07) is 6.44. The van der Waals surface area contributed by atoms with Gasteiger partial charge in [-0.15, -0.1) is 0 Å². The Kier molecular flexibility index (Phi) is 5.70. The summed E-state index contributed by atoms with van der Waals surface area (Å²) >= 11 is 5.47. The Morgan fingerprint density at radius 1 is 0.962 bits per heavy atom. The molecular formula is C16H10ClF6NO2. The van der Waals surface area contributed by atoms with E-state index in [4.69, 9.17) is 16.3 Å². The molecule has 1 amide bonds. The van der Waals surface area contributed by atoms with E-state index in [1.165, 1.54) is 6.07 Å². The first-order valence-corrected chi connectivity index (χ1v) is 7.31.